The standard InChI is InChI=1S/C14H10Cl2O2/c1-18-14(17)10-4-2-3-9(7-10)12-6-5-11(15)8-13(12)16/h2-8H,1H3. The smallest absolute Gasteiger partial charge is 0.337 e. The third-order valence-electron chi connectivity index (χ3n) is 2.53. The largest absolute Gasteiger partial charge is 0.465 e. The number of methoxy groups -OCH3 is 1. The molecule has 0 aromatic heterocycles. The van der Waals surface area contributed by atoms with Gasteiger partial charge in [-0.15, -0.1) is 0 Å². The summed E-state index contributed by atoms with van der Waals surface area (Å²) in [7, 11) is 1.35. The predicted molar refractivity (Wildman–Crippen MR) is 73.2 cm³/mol. The number of carbonyl (C=O) groups excluding carboxylic acids is 1. The summed E-state index contributed by atoms with van der Waals surface area (Å²) in [5.41, 5.74) is 2.16. The Morgan fingerprint density at radius 3 is 2.56 bits per heavy atom. The van der Waals surface area contributed by atoms with Gasteiger partial charge in [-0.25, -0.2) is 4.79 Å². The Bertz CT molecular complexity index is 594. The number of esters is 1. The molecule has 0 N–H and O–H groups in total. The first-order valence-electron chi connectivity index (χ1n) is 5.25. The Kier molecular flexibility index (Phi) is 3.90. The molecular formula is C14H10Cl2O2. The summed E-state index contributed by atoms with van der Waals surface area (Å²) in [5.74, 6) is -0.373. The van der Waals surface area contributed by atoms with E-state index in [0.717, 1.165) is 11.1 Å². The highest BCUT2D eigenvalue weighted by atomic mass is 35.5. The summed E-state index contributed by atoms with van der Waals surface area (Å²) >= 11 is 12.0. The van der Waals surface area contributed by atoms with Crippen LogP contribution in [0.2, 0.25) is 10.0 Å². The number of halogens is 2. The third-order valence-corrected chi connectivity index (χ3v) is 3.07. The minimum absolute atomic E-state index is 0.373. The highest BCUT2D eigenvalue weighted by Crippen LogP contribution is 2.30. The number of carbonyl (C=O) groups is 1. The van der Waals surface area contributed by atoms with Gasteiger partial charge >= 0.3 is 5.97 Å². The summed E-state index contributed by atoms with van der Waals surface area (Å²) in [4.78, 5) is 11.5. The van der Waals surface area contributed by atoms with Crippen LogP contribution in [0.5, 0.6) is 0 Å². The predicted octanol–water partition coefficient (Wildman–Crippen LogP) is 4.45. The van der Waals surface area contributed by atoms with Crippen LogP contribution in [-0.2, 0) is 4.74 Å². The van der Waals surface area contributed by atoms with Crippen molar-refractivity contribution in [1.29, 1.82) is 0 Å². The van der Waals surface area contributed by atoms with Crippen LogP contribution in [0.4, 0.5) is 0 Å². The van der Waals surface area contributed by atoms with E-state index in [-0.39, 0.29) is 5.97 Å². The van der Waals surface area contributed by atoms with Crippen molar-refractivity contribution in [2.45, 2.75) is 0 Å². The van der Waals surface area contributed by atoms with Gasteiger partial charge in [0, 0.05) is 15.6 Å². The fourth-order valence-electron chi connectivity index (χ4n) is 1.66. The fraction of sp³-hybridized carbons (Fsp3) is 0.0714. The van der Waals surface area contributed by atoms with Gasteiger partial charge in [-0.1, -0.05) is 41.4 Å². The number of ether oxygens (including phenoxy) is 1. The van der Waals surface area contributed by atoms with Gasteiger partial charge in [0.25, 0.3) is 0 Å². The first-order chi connectivity index (χ1) is 8.61. The van der Waals surface area contributed by atoms with Gasteiger partial charge < -0.3 is 4.74 Å². The van der Waals surface area contributed by atoms with Crippen molar-refractivity contribution in [2.24, 2.45) is 0 Å². The molecule has 92 valence electrons. The van der Waals surface area contributed by atoms with Crippen LogP contribution in [0, 0.1) is 0 Å². The second kappa shape index (κ2) is 5.42. The van der Waals surface area contributed by atoms with Crippen molar-refractivity contribution in [3.63, 3.8) is 0 Å². The molecule has 0 radical (unpaired) electrons. The number of benzene rings is 2. The Morgan fingerprint density at radius 2 is 1.89 bits per heavy atom. The van der Waals surface area contributed by atoms with E-state index in [9.17, 15) is 4.79 Å². The maximum atomic E-state index is 11.5. The minimum Gasteiger partial charge on any atom is -0.465 e. The van der Waals surface area contributed by atoms with Gasteiger partial charge in [-0.3, -0.25) is 0 Å². The van der Waals surface area contributed by atoms with E-state index in [1.807, 2.05) is 12.1 Å². The van der Waals surface area contributed by atoms with Crippen LogP contribution in [-0.4, -0.2) is 13.1 Å². The summed E-state index contributed by atoms with van der Waals surface area (Å²) in [6.45, 7) is 0. The van der Waals surface area contributed by atoms with E-state index in [1.165, 1.54) is 7.11 Å². The lowest BCUT2D eigenvalue weighted by molar-refractivity contribution is 0.0601. The van der Waals surface area contributed by atoms with Crippen LogP contribution in [0.1, 0.15) is 10.4 Å². The molecule has 4 heteroatoms. The molecule has 2 aromatic carbocycles. The zero-order chi connectivity index (χ0) is 13.1. The lowest BCUT2D eigenvalue weighted by atomic mass is 10.0. The Labute approximate surface area is 115 Å². The molecule has 0 saturated heterocycles. The molecule has 0 heterocycles. The van der Waals surface area contributed by atoms with Gasteiger partial charge in [0.05, 0.1) is 12.7 Å². The quantitative estimate of drug-likeness (QED) is 0.760. The molecule has 2 nitrogen and oxygen atoms in total. The SMILES string of the molecule is COC(=O)c1cccc(-c2ccc(Cl)cc2Cl)c1. The molecule has 18 heavy (non-hydrogen) atoms. The summed E-state index contributed by atoms with van der Waals surface area (Å²) < 4.78 is 4.68. The zero-order valence-electron chi connectivity index (χ0n) is 9.61. The van der Waals surface area contributed by atoms with Crippen LogP contribution < -0.4 is 0 Å². The monoisotopic (exact) mass is 280 g/mol. The maximum Gasteiger partial charge on any atom is 0.337 e. The zero-order valence-corrected chi connectivity index (χ0v) is 11.1. The number of rotatable bonds is 2. The highest BCUT2D eigenvalue weighted by molar-refractivity contribution is 6.36. The van der Waals surface area contributed by atoms with E-state index < -0.39 is 0 Å². The van der Waals surface area contributed by atoms with Crippen LogP contribution in [0.3, 0.4) is 0 Å². The molecule has 0 unspecified atom stereocenters. The maximum absolute atomic E-state index is 11.5. The molecule has 0 fully saturated rings. The van der Waals surface area contributed by atoms with Gasteiger partial charge in [-0.2, -0.15) is 0 Å². The Balaban J connectivity index is 2.48. The van der Waals surface area contributed by atoms with Gasteiger partial charge in [0.1, 0.15) is 0 Å². The second-order valence-electron chi connectivity index (χ2n) is 3.70. The van der Waals surface area contributed by atoms with E-state index in [2.05, 4.69) is 4.74 Å². The van der Waals surface area contributed by atoms with Crippen molar-refractivity contribution in [1.82, 2.24) is 0 Å². The second-order valence-corrected chi connectivity index (χ2v) is 4.54. The van der Waals surface area contributed by atoms with Crippen LogP contribution in [0.25, 0.3) is 11.1 Å². The average Bonchev–Trinajstić information content (AvgIpc) is 2.38. The van der Waals surface area contributed by atoms with Crippen molar-refractivity contribution < 1.29 is 9.53 Å². The minimum atomic E-state index is -0.373. The molecule has 0 aliphatic rings. The fourth-order valence-corrected chi connectivity index (χ4v) is 2.17. The molecular weight excluding hydrogens is 271 g/mol. The van der Waals surface area contributed by atoms with E-state index in [1.54, 1.807) is 30.3 Å². The Morgan fingerprint density at radius 1 is 1.11 bits per heavy atom. The average molecular weight is 281 g/mol. The molecule has 0 spiro atoms. The molecule has 0 aliphatic heterocycles. The van der Waals surface area contributed by atoms with Gasteiger partial charge in [0.2, 0.25) is 0 Å². The first kappa shape index (κ1) is 12.9. The van der Waals surface area contributed by atoms with Gasteiger partial charge in [-0.05, 0) is 29.8 Å². The molecule has 0 bridgehead atoms. The van der Waals surface area contributed by atoms with Crippen molar-refractivity contribution in [2.75, 3.05) is 7.11 Å². The van der Waals surface area contributed by atoms with E-state index in [4.69, 9.17) is 23.2 Å². The summed E-state index contributed by atoms with van der Waals surface area (Å²) in [6, 6.07) is 12.3. The Hall–Kier alpha value is -1.51. The summed E-state index contributed by atoms with van der Waals surface area (Å²) in [5, 5.41) is 1.12. The number of hydrogen-bond acceptors (Lipinski definition) is 2. The van der Waals surface area contributed by atoms with Crippen molar-refractivity contribution in [3.8, 4) is 11.1 Å². The van der Waals surface area contributed by atoms with Crippen LogP contribution in [0.15, 0.2) is 42.5 Å². The molecule has 0 atom stereocenters. The lowest BCUT2D eigenvalue weighted by Gasteiger charge is -2.06. The van der Waals surface area contributed by atoms with E-state index >= 15 is 0 Å². The molecule has 0 aliphatic carbocycles. The van der Waals surface area contributed by atoms with Crippen molar-refractivity contribution >= 4 is 29.2 Å². The molecule has 2 aromatic rings. The van der Waals surface area contributed by atoms with Crippen molar-refractivity contribution in [3.05, 3.63) is 58.1 Å². The number of hydrogen-bond donors (Lipinski definition) is 0. The van der Waals surface area contributed by atoms with Crippen LogP contribution >= 0.6 is 23.2 Å². The molecule has 2 rings (SSSR count). The topological polar surface area (TPSA) is 26.3 Å². The van der Waals surface area contributed by atoms with E-state index in [0.29, 0.717) is 15.6 Å². The summed E-state index contributed by atoms with van der Waals surface area (Å²) in [6.07, 6.45) is 0. The molecule has 0 saturated carbocycles. The highest BCUT2D eigenvalue weighted by Gasteiger charge is 2.09. The third kappa shape index (κ3) is 2.66. The molecule has 0 amide bonds. The first-order valence-corrected chi connectivity index (χ1v) is 6.01. The normalized spacial score (nSPS) is 10.2. The lowest BCUT2D eigenvalue weighted by Crippen LogP contribution is -2.00. The van der Waals surface area contributed by atoms with Gasteiger partial charge in [0.15, 0.2) is 0 Å².